The topological polar surface area (TPSA) is 32.3 Å². The van der Waals surface area contributed by atoms with Crippen LogP contribution in [0.5, 0.6) is 0 Å². The largest absolute Gasteiger partial charge is 0.334 e. The zero-order chi connectivity index (χ0) is 17.5. The van der Waals surface area contributed by atoms with Crippen molar-refractivity contribution in [1.29, 1.82) is 0 Å². The predicted molar refractivity (Wildman–Crippen MR) is 102 cm³/mol. The second kappa shape index (κ2) is 8.78. The number of urea groups is 1. The van der Waals surface area contributed by atoms with Gasteiger partial charge in [-0.1, -0.05) is 56.3 Å². The third-order valence-electron chi connectivity index (χ3n) is 4.11. The Balaban J connectivity index is 2.01. The Morgan fingerprint density at radius 2 is 1.71 bits per heavy atom. The van der Waals surface area contributed by atoms with Gasteiger partial charge in [-0.2, -0.15) is 0 Å². The SMILES string of the molecule is CSc1ccc(CNC(=O)N(C)C(c2ccccc2)C(C)C)cc1. The van der Waals surface area contributed by atoms with Crippen LogP contribution in [0, 0.1) is 5.92 Å². The second-order valence-electron chi connectivity index (χ2n) is 6.22. The first kappa shape index (κ1) is 18.4. The molecule has 0 saturated carbocycles. The van der Waals surface area contributed by atoms with Crippen molar-refractivity contribution in [2.45, 2.75) is 31.3 Å². The molecule has 2 amide bonds. The highest BCUT2D eigenvalue weighted by Gasteiger charge is 2.24. The van der Waals surface area contributed by atoms with Gasteiger partial charge >= 0.3 is 6.03 Å². The van der Waals surface area contributed by atoms with Gasteiger partial charge in [0.25, 0.3) is 0 Å². The molecule has 0 aliphatic heterocycles. The number of nitrogens with zero attached hydrogens (tertiary/aromatic N) is 1. The molecule has 128 valence electrons. The highest BCUT2D eigenvalue weighted by atomic mass is 32.2. The lowest BCUT2D eigenvalue weighted by atomic mass is 9.95. The Bertz CT molecular complexity index is 640. The van der Waals surface area contributed by atoms with Crippen molar-refractivity contribution in [2.24, 2.45) is 5.92 Å². The Kier molecular flexibility index (Phi) is 6.73. The summed E-state index contributed by atoms with van der Waals surface area (Å²) in [6, 6.07) is 18.5. The van der Waals surface area contributed by atoms with Gasteiger partial charge in [-0.05, 0) is 35.4 Å². The van der Waals surface area contributed by atoms with Crippen molar-refractivity contribution in [3.63, 3.8) is 0 Å². The summed E-state index contributed by atoms with van der Waals surface area (Å²) in [5.41, 5.74) is 2.27. The third kappa shape index (κ3) is 4.78. The summed E-state index contributed by atoms with van der Waals surface area (Å²) >= 11 is 1.72. The predicted octanol–water partition coefficient (Wildman–Crippen LogP) is 4.95. The van der Waals surface area contributed by atoms with Crippen LogP contribution in [-0.2, 0) is 6.54 Å². The highest BCUT2D eigenvalue weighted by Crippen LogP contribution is 2.27. The first-order chi connectivity index (χ1) is 11.5. The fraction of sp³-hybridized carbons (Fsp3) is 0.350. The van der Waals surface area contributed by atoms with Crippen molar-refractivity contribution in [1.82, 2.24) is 10.2 Å². The van der Waals surface area contributed by atoms with E-state index in [1.54, 1.807) is 16.7 Å². The lowest BCUT2D eigenvalue weighted by Gasteiger charge is -2.31. The van der Waals surface area contributed by atoms with Crippen LogP contribution in [0.2, 0.25) is 0 Å². The molecule has 3 nitrogen and oxygen atoms in total. The van der Waals surface area contributed by atoms with Gasteiger partial charge in [0.1, 0.15) is 0 Å². The number of carbonyl (C=O) groups excluding carboxylic acids is 1. The molecule has 0 aromatic heterocycles. The van der Waals surface area contributed by atoms with Gasteiger partial charge in [0.2, 0.25) is 0 Å². The molecule has 4 heteroatoms. The second-order valence-corrected chi connectivity index (χ2v) is 7.10. The minimum absolute atomic E-state index is 0.0495. The summed E-state index contributed by atoms with van der Waals surface area (Å²) in [5, 5.41) is 3.02. The van der Waals surface area contributed by atoms with Gasteiger partial charge < -0.3 is 10.2 Å². The summed E-state index contributed by atoms with van der Waals surface area (Å²) in [6.07, 6.45) is 2.06. The van der Waals surface area contributed by atoms with Crippen LogP contribution in [0.25, 0.3) is 0 Å². The molecular formula is C20H26N2OS. The molecule has 24 heavy (non-hydrogen) atoms. The van der Waals surface area contributed by atoms with Gasteiger partial charge in [0.15, 0.2) is 0 Å². The average molecular weight is 343 g/mol. The minimum Gasteiger partial charge on any atom is -0.334 e. The number of hydrogen-bond donors (Lipinski definition) is 1. The summed E-state index contributed by atoms with van der Waals surface area (Å²) in [4.78, 5) is 15.6. The molecule has 2 rings (SSSR count). The van der Waals surface area contributed by atoms with Gasteiger partial charge in [-0.3, -0.25) is 0 Å². The molecule has 1 N–H and O–H groups in total. The molecule has 0 spiro atoms. The van der Waals surface area contributed by atoms with E-state index >= 15 is 0 Å². The number of thioether (sulfide) groups is 1. The standard InChI is InChI=1S/C20H26N2OS/c1-15(2)19(17-8-6-5-7-9-17)22(3)20(23)21-14-16-10-12-18(24-4)13-11-16/h5-13,15,19H,14H2,1-4H3,(H,21,23). The Morgan fingerprint density at radius 3 is 2.25 bits per heavy atom. The van der Waals surface area contributed by atoms with E-state index in [2.05, 4.69) is 61.8 Å². The smallest absolute Gasteiger partial charge is 0.317 e. The number of benzene rings is 2. The van der Waals surface area contributed by atoms with E-state index in [9.17, 15) is 4.79 Å². The van der Waals surface area contributed by atoms with Crippen LogP contribution in [0.15, 0.2) is 59.5 Å². The molecule has 0 fully saturated rings. The van der Waals surface area contributed by atoms with Crippen LogP contribution in [0.1, 0.15) is 31.0 Å². The van der Waals surface area contributed by atoms with E-state index in [4.69, 9.17) is 0 Å². The average Bonchev–Trinajstić information content (AvgIpc) is 2.60. The lowest BCUT2D eigenvalue weighted by Crippen LogP contribution is -2.41. The van der Waals surface area contributed by atoms with Gasteiger partial charge in [0.05, 0.1) is 6.04 Å². The maximum absolute atomic E-state index is 12.6. The van der Waals surface area contributed by atoms with Crippen molar-refractivity contribution in [2.75, 3.05) is 13.3 Å². The molecule has 0 heterocycles. The Hall–Kier alpha value is -1.94. The van der Waals surface area contributed by atoms with Crippen LogP contribution < -0.4 is 5.32 Å². The molecule has 0 radical (unpaired) electrons. The third-order valence-corrected chi connectivity index (χ3v) is 4.86. The fourth-order valence-corrected chi connectivity index (χ4v) is 3.29. The van der Waals surface area contributed by atoms with E-state index in [0.717, 1.165) is 11.1 Å². The van der Waals surface area contributed by atoms with Crippen molar-refractivity contribution in [3.05, 3.63) is 65.7 Å². The van der Waals surface area contributed by atoms with Crippen molar-refractivity contribution >= 4 is 17.8 Å². The fourth-order valence-electron chi connectivity index (χ4n) is 2.88. The number of hydrogen-bond acceptors (Lipinski definition) is 2. The molecule has 0 bridgehead atoms. The zero-order valence-electron chi connectivity index (χ0n) is 14.8. The Morgan fingerprint density at radius 1 is 1.08 bits per heavy atom. The molecule has 2 aromatic rings. The first-order valence-electron chi connectivity index (χ1n) is 8.21. The molecule has 0 aliphatic carbocycles. The molecule has 2 aromatic carbocycles. The maximum Gasteiger partial charge on any atom is 0.317 e. The van der Waals surface area contributed by atoms with E-state index in [1.807, 2.05) is 25.2 Å². The van der Waals surface area contributed by atoms with Crippen LogP contribution in [-0.4, -0.2) is 24.2 Å². The summed E-state index contributed by atoms with van der Waals surface area (Å²) in [5.74, 6) is 0.337. The number of nitrogens with one attached hydrogen (secondary N) is 1. The van der Waals surface area contributed by atoms with E-state index in [-0.39, 0.29) is 12.1 Å². The number of carbonyl (C=O) groups is 1. The maximum atomic E-state index is 12.6. The zero-order valence-corrected chi connectivity index (χ0v) is 15.6. The molecule has 1 atom stereocenters. The molecule has 1 unspecified atom stereocenters. The summed E-state index contributed by atoms with van der Waals surface area (Å²) < 4.78 is 0. The van der Waals surface area contributed by atoms with Crippen LogP contribution >= 0.6 is 11.8 Å². The number of rotatable bonds is 6. The monoisotopic (exact) mass is 342 g/mol. The van der Waals surface area contributed by atoms with Crippen LogP contribution in [0.3, 0.4) is 0 Å². The highest BCUT2D eigenvalue weighted by molar-refractivity contribution is 7.98. The van der Waals surface area contributed by atoms with E-state index in [0.29, 0.717) is 12.5 Å². The minimum atomic E-state index is -0.0495. The van der Waals surface area contributed by atoms with E-state index in [1.165, 1.54) is 4.90 Å². The molecular weight excluding hydrogens is 316 g/mol. The molecule has 0 aliphatic rings. The Labute approximate surface area is 149 Å². The van der Waals surface area contributed by atoms with Crippen molar-refractivity contribution in [3.8, 4) is 0 Å². The van der Waals surface area contributed by atoms with E-state index < -0.39 is 0 Å². The molecule has 0 saturated heterocycles. The van der Waals surface area contributed by atoms with Crippen LogP contribution in [0.4, 0.5) is 4.79 Å². The quantitative estimate of drug-likeness (QED) is 0.754. The summed E-state index contributed by atoms with van der Waals surface area (Å²) in [6.45, 7) is 4.82. The van der Waals surface area contributed by atoms with Crippen molar-refractivity contribution < 1.29 is 4.79 Å². The first-order valence-corrected chi connectivity index (χ1v) is 9.44. The van der Waals surface area contributed by atoms with Gasteiger partial charge in [-0.15, -0.1) is 11.8 Å². The number of amides is 2. The lowest BCUT2D eigenvalue weighted by molar-refractivity contribution is 0.173. The normalized spacial score (nSPS) is 12.0. The summed E-state index contributed by atoms with van der Waals surface area (Å²) in [7, 11) is 1.86. The van der Waals surface area contributed by atoms with Gasteiger partial charge in [-0.25, -0.2) is 4.79 Å². The van der Waals surface area contributed by atoms with Gasteiger partial charge in [0, 0.05) is 18.5 Å².